The Bertz CT molecular complexity index is 1180. The van der Waals surface area contributed by atoms with Crippen LogP contribution in [0.2, 0.25) is 0 Å². The average molecular weight is 423 g/mol. The molecule has 4 rings (SSSR count). The highest BCUT2D eigenvalue weighted by Gasteiger charge is 2.25. The van der Waals surface area contributed by atoms with E-state index in [1.807, 2.05) is 6.92 Å². The third-order valence-corrected chi connectivity index (χ3v) is 5.19. The Balaban J connectivity index is 2.05. The molecule has 0 saturated carbocycles. The van der Waals surface area contributed by atoms with Gasteiger partial charge in [-0.3, -0.25) is 4.79 Å². The summed E-state index contributed by atoms with van der Waals surface area (Å²) in [4.78, 5) is 31.1. The van der Waals surface area contributed by atoms with Crippen molar-refractivity contribution in [2.75, 3.05) is 20.3 Å². The van der Waals surface area contributed by atoms with Crippen LogP contribution in [0.1, 0.15) is 32.3 Å². The van der Waals surface area contributed by atoms with E-state index < -0.39 is 5.97 Å². The lowest BCUT2D eigenvalue weighted by Gasteiger charge is -2.23. The number of fused-ring (bicyclic) bond motifs is 3. The Morgan fingerprint density at radius 1 is 1.23 bits per heavy atom. The third-order valence-electron chi connectivity index (χ3n) is 5.19. The normalized spacial score (nSPS) is 12.7. The molecule has 0 spiro atoms. The second kappa shape index (κ2) is 8.71. The monoisotopic (exact) mass is 423 g/mol. The van der Waals surface area contributed by atoms with E-state index in [1.165, 1.54) is 11.7 Å². The summed E-state index contributed by atoms with van der Waals surface area (Å²) in [5.41, 5.74) is 2.20. The van der Waals surface area contributed by atoms with Crippen LogP contribution < -0.4 is 24.5 Å². The Morgan fingerprint density at radius 3 is 2.68 bits per heavy atom. The van der Waals surface area contributed by atoms with Gasteiger partial charge in [0.25, 0.3) is 0 Å². The summed E-state index contributed by atoms with van der Waals surface area (Å²) in [6.07, 6.45) is 3.84. The quantitative estimate of drug-likeness (QED) is 0.601. The van der Waals surface area contributed by atoms with Crippen LogP contribution in [0.25, 0.3) is 22.0 Å². The van der Waals surface area contributed by atoms with Gasteiger partial charge >= 0.3 is 5.97 Å². The lowest BCUT2D eigenvalue weighted by atomic mass is 9.96. The minimum atomic E-state index is -0.499. The number of nitrogens with zero attached hydrogens (tertiary/aromatic N) is 1. The van der Waals surface area contributed by atoms with E-state index in [0.717, 1.165) is 18.4 Å². The first kappa shape index (κ1) is 20.8. The van der Waals surface area contributed by atoms with Crippen molar-refractivity contribution < 1.29 is 23.8 Å². The first-order chi connectivity index (χ1) is 15.0. The van der Waals surface area contributed by atoms with Gasteiger partial charge in [0.05, 0.1) is 31.9 Å². The fraction of sp³-hybridized carbons (Fsp3) is 0.333. The number of carbonyl (C=O) groups excluding carboxylic acids is 1. The zero-order valence-corrected chi connectivity index (χ0v) is 17.9. The predicted molar refractivity (Wildman–Crippen MR) is 117 cm³/mol. The van der Waals surface area contributed by atoms with Crippen molar-refractivity contribution in [1.29, 1.82) is 0 Å². The van der Waals surface area contributed by atoms with Crippen LogP contribution >= 0.6 is 0 Å². The Morgan fingerprint density at radius 2 is 2.00 bits per heavy atom. The van der Waals surface area contributed by atoms with Crippen LogP contribution in [0.5, 0.6) is 17.2 Å². The van der Waals surface area contributed by atoms with Gasteiger partial charge in [0.2, 0.25) is 0 Å². The van der Waals surface area contributed by atoms with Crippen LogP contribution in [-0.4, -0.2) is 31.0 Å². The summed E-state index contributed by atoms with van der Waals surface area (Å²) >= 11 is 0. The van der Waals surface area contributed by atoms with E-state index >= 15 is 0 Å². The van der Waals surface area contributed by atoms with Crippen molar-refractivity contribution in [3.63, 3.8) is 0 Å². The zero-order chi connectivity index (χ0) is 22.0. The number of pyridine rings is 1. The van der Waals surface area contributed by atoms with E-state index in [-0.39, 0.29) is 5.43 Å². The van der Waals surface area contributed by atoms with Gasteiger partial charge in [-0.05, 0) is 37.0 Å². The molecule has 0 radical (unpaired) electrons. The third kappa shape index (κ3) is 3.95. The highest BCUT2D eigenvalue weighted by Crippen LogP contribution is 2.38. The molecule has 0 unspecified atom stereocenters. The molecule has 31 heavy (non-hydrogen) atoms. The number of aryl methyl sites for hydroxylation is 1. The minimum absolute atomic E-state index is 0.160. The molecule has 7 nitrogen and oxygen atoms in total. The molecule has 0 saturated heterocycles. The minimum Gasteiger partial charge on any atom is -0.497 e. The van der Waals surface area contributed by atoms with Crippen molar-refractivity contribution in [3.8, 4) is 28.4 Å². The summed E-state index contributed by atoms with van der Waals surface area (Å²) in [5, 5.41) is 0.456. The lowest BCUT2D eigenvalue weighted by molar-refractivity contribution is -0.141. The van der Waals surface area contributed by atoms with E-state index in [1.54, 1.807) is 43.6 Å². The maximum atomic E-state index is 13.7. The van der Waals surface area contributed by atoms with Gasteiger partial charge in [-0.15, -0.1) is 0 Å². The summed E-state index contributed by atoms with van der Waals surface area (Å²) in [7, 11) is 1.59. The predicted octanol–water partition coefficient (Wildman–Crippen LogP) is 3.77. The molecule has 1 aliphatic rings. The van der Waals surface area contributed by atoms with Crippen molar-refractivity contribution in [1.82, 2.24) is 4.73 Å². The molecular weight excluding hydrogens is 398 g/mol. The van der Waals surface area contributed by atoms with E-state index in [9.17, 15) is 9.59 Å². The van der Waals surface area contributed by atoms with Crippen LogP contribution in [-0.2, 0) is 11.2 Å². The Labute approximate surface area is 180 Å². The fourth-order valence-corrected chi connectivity index (χ4v) is 3.82. The van der Waals surface area contributed by atoms with Gasteiger partial charge < -0.3 is 19.0 Å². The number of carbonyl (C=O) groups is 1. The molecule has 162 valence electrons. The highest BCUT2D eigenvalue weighted by molar-refractivity contribution is 5.93. The molecule has 2 heterocycles. The average Bonchev–Trinajstić information content (AvgIpc) is 2.78. The topological polar surface area (TPSA) is 76.0 Å². The van der Waals surface area contributed by atoms with Gasteiger partial charge in [-0.25, -0.2) is 4.79 Å². The van der Waals surface area contributed by atoms with E-state index in [0.29, 0.717) is 58.9 Å². The maximum Gasteiger partial charge on any atom is 0.329 e. The molecule has 1 aliphatic heterocycles. The number of ether oxygens (including phenoxy) is 3. The number of aromatic nitrogens is 1. The number of rotatable bonds is 6. The smallest absolute Gasteiger partial charge is 0.329 e. The first-order valence-corrected chi connectivity index (χ1v) is 10.4. The van der Waals surface area contributed by atoms with Gasteiger partial charge in [-0.1, -0.05) is 19.1 Å². The second-order valence-corrected chi connectivity index (χ2v) is 7.38. The van der Waals surface area contributed by atoms with Crippen LogP contribution in [0, 0.1) is 0 Å². The molecule has 0 amide bonds. The number of benzene rings is 2. The highest BCUT2D eigenvalue weighted by atomic mass is 16.7. The summed E-state index contributed by atoms with van der Waals surface area (Å²) in [6.45, 7) is 4.37. The van der Waals surface area contributed by atoms with Gasteiger partial charge in [0, 0.05) is 24.1 Å². The lowest BCUT2D eigenvalue weighted by Crippen LogP contribution is -2.23. The van der Waals surface area contributed by atoms with Gasteiger partial charge in [-0.2, -0.15) is 4.73 Å². The van der Waals surface area contributed by atoms with Crippen molar-refractivity contribution in [2.45, 2.75) is 33.1 Å². The zero-order valence-electron chi connectivity index (χ0n) is 17.9. The summed E-state index contributed by atoms with van der Waals surface area (Å²) in [6, 6.07) is 8.97. The molecular formula is C24H25NO6. The maximum absolute atomic E-state index is 13.7. The molecule has 0 aliphatic carbocycles. The Hall–Kier alpha value is -3.48. The number of methoxy groups -OCH3 is 1. The molecule has 0 atom stereocenters. The van der Waals surface area contributed by atoms with Crippen molar-refractivity contribution in [3.05, 3.63) is 52.3 Å². The summed E-state index contributed by atoms with van der Waals surface area (Å²) < 4.78 is 18.4. The number of hydrogen-bond donors (Lipinski definition) is 0. The Kier molecular flexibility index (Phi) is 5.84. The van der Waals surface area contributed by atoms with Crippen molar-refractivity contribution in [2.24, 2.45) is 0 Å². The van der Waals surface area contributed by atoms with E-state index in [4.69, 9.17) is 19.0 Å². The molecule has 0 bridgehead atoms. The molecule has 7 heteroatoms. The van der Waals surface area contributed by atoms with Crippen molar-refractivity contribution >= 4 is 16.9 Å². The fourth-order valence-electron chi connectivity index (χ4n) is 3.82. The first-order valence-electron chi connectivity index (χ1n) is 10.4. The molecule has 2 aromatic carbocycles. The standard InChI is InChI=1S/C24H25NO6/c1-4-11-29-21-13-20-18(6-5-12-30-20)22-23(21)25(31-15(2)26)14-19(24(22)27)16-7-9-17(28-3)10-8-16/h7-10,13-14H,4-6,11-12H2,1-3H3. The molecule has 0 fully saturated rings. The molecule has 0 N–H and O–H groups in total. The van der Waals surface area contributed by atoms with Gasteiger partial charge in [0.1, 0.15) is 17.0 Å². The molecule has 3 aromatic rings. The number of hydrogen-bond acceptors (Lipinski definition) is 6. The SMILES string of the molecule is CCCOc1cc2c(c3c(=O)c(-c4ccc(OC)cc4)cn(OC(C)=O)c13)CCCO2. The van der Waals surface area contributed by atoms with Crippen LogP contribution in [0.3, 0.4) is 0 Å². The largest absolute Gasteiger partial charge is 0.497 e. The second-order valence-electron chi connectivity index (χ2n) is 7.38. The van der Waals surface area contributed by atoms with E-state index in [2.05, 4.69) is 0 Å². The summed E-state index contributed by atoms with van der Waals surface area (Å²) in [5.74, 6) is 1.28. The van der Waals surface area contributed by atoms with Crippen LogP contribution in [0.15, 0.2) is 41.3 Å². The molecule has 1 aromatic heterocycles. The van der Waals surface area contributed by atoms with Gasteiger partial charge in [0.15, 0.2) is 11.2 Å². The van der Waals surface area contributed by atoms with Crippen LogP contribution in [0.4, 0.5) is 0 Å².